The zero-order valence-corrected chi connectivity index (χ0v) is 13.9. The molecule has 0 aliphatic rings. The third kappa shape index (κ3) is 3.37. The van der Waals surface area contributed by atoms with Crippen molar-refractivity contribution in [1.29, 1.82) is 0 Å². The summed E-state index contributed by atoms with van der Waals surface area (Å²) in [6.07, 6.45) is 0. The average Bonchev–Trinajstić information content (AvgIpc) is 2.40. The van der Waals surface area contributed by atoms with Gasteiger partial charge in [-0.1, -0.05) is 68.8 Å². The van der Waals surface area contributed by atoms with Gasteiger partial charge in [-0.25, -0.2) is 0 Å². The Labute approximate surface area is 131 Å². The van der Waals surface area contributed by atoms with Crippen molar-refractivity contribution >= 4 is 23.2 Å². The van der Waals surface area contributed by atoms with Crippen LogP contribution in [0.5, 0.6) is 0 Å². The van der Waals surface area contributed by atoms with Crippen molar-refractivity contribution < 1.29 is 0 Å². The molecule has 2 aromatic rings. The molecule has 1 unspecified atom stereocenters. The molecule has 0 aromatic heterocycles. The van der Waals surface area contributed by atoms with E-state index in [2.05, 4.69) is 51.1 Å². The van der Waals surface area contributed by atoms with Crippen LogP contribution in [0.4, 0.5) is 0 Å². The van der Waals surface area contributed by atoms with Gasteiger partial charge in [0.1, 0.15) is 0 Å². The predicted molar refractivity (Wildman–Crippen MR) is 89.0 cm³/mol. The fourth-order valence-electron chi connectivity index (χ4n) is 2.17. The van der Waals surface area contributed by atoms with Gasteiger partial charge in [0, 0.05) is 5.02 Å². The Morgan fingerprint density at radius 3 is 1.95 bits per heavy atom. The third-order valence-corrected chi connectivity index (χ3v) is 4.47. The lowest BCUT2D eigenvalue weighted by Gasteiger charge is -2.20. The smallest absolute Gasteiger partial charge is 0.0835 e. The van der Waals surface area contributed by atoms with Gasteiger partial charge in [-0.2, -0.15) is 0 Å². The Bertz CT molecular complexity index is 592. The van der Waals surface area contributed by atoms with Crippen molar-refractivity contribution in [2.45, 2.75) is 38.5 Å². The summed E-state index contributed by atoms with van der Waals surface area (Å²) in [5, 5.41) is 0.640. The second kappa shape index (κ2) is 5.79. The number of aryl methyl sites for hydroxylation is 1. The maximum Gasteiger partial charge on any atom is 0.0835 e. The Morgan fingerprint density at radius 1 is 0.900 bits per heavy atom. The fourth-order valence-corrected chi connectivity index (χ4v) is 2.57. The molecule has 106 valence electrons. The molecule has 2 rings (SSSR count). The van der Waals surface area contributed by atoms with E-state index in [1.807, 2.05) is 19.1 Å². The number of hydrogen-bond donors (Lipinski definition) is 0. The Kier molecular flexibility index (Phi) is 4.46. The van der Waals surface area contributed by atoms with Gasteiger partial charge in [0.15, 0.2) is 0 Å². The quantitative estimate of drug-likeness (QED) is 0.573. The molecule has 0 N–H and O–H groups in total. The van der Waals surface area contributed by atoms with Crippen LogP contribution in [0.15, 0.2) is 42.5 Å². The van der Waals surface area contributed by atoms with Gasteiger partial charge in [-0.3, -0.25) is 0 Å². The van der Waals surface area contributed by atoms with E-state index in [1.165, 1.54) is 5.56 Å². The van der Waals surface area contributed by atoms with Crippen LogP contribution in [-0.2, 0) is 5.41 Å². The largest absolute Gasteiger partial charge is 0.113 e. The molecule has 0 fully saturated rings. The summed E-state index contributed by atoms with van der Waals surface area (Å²) in [7, 11) is 0. The van der Waals surface area contributed by atoms with Gasteiger partial charge in [0.25, 0.3) is 0 Å². The minimum atomic E-state index is -0.139. The maximum absolute atomic E-state index is 6.58. The molecule has 0 bridgehead atoms. The van der Waals surface area contributed by atoms with Crippen molar-refractivity contribution in [3.8, 4) is 0 Å². The number of benzene rings is 2. The van der Waals surface area contributed by atoms with Gasteiger partial charge in [0.2, 0.25) is 0 Å². The highest BCUT2D eigenvalue weighted by Gasteiger charge is 2.16. The van der Waals surface area contributed by atoms with Crippen LogP contribution < -0.4 is 0 Å². The summed E-state index contributed by atoms with van der Waals surface area (Å²) in [6, 6.07) is 14.5. The van der Waals surface area contributed by atoms with Crippen LogP contribution in [-0.4, -0.2) is 0 Å². The van der Waals surface area contributed by atoms with Gasteiger partial charge >= 0.3 is 0 Å². The summed E-state index contributed by atoms with van der Waals surface area (Å²) in [5.74, 6) is 0. The fraction of sp³-hybridized carbons (Fsp3) is 0.333. The summed E-state index contributed by atoms with van der Waals surface area (Å²) >= 11 is 12.6. The summed E-state index contributed by atoms with van der Waals surface area (Å²) in [4.78, 5) is 0. The first-order valence-electron chi connectivity index (χ1n) is 6.79. The van der Waals surface area contributed by atoms with Crippen molar-refractivity contribution in [2.75, 3.05) is 0 Å². The van der Waals surface area contributed by atoms with Crippen LogP contribution in [0.25, 0.3) is 0 Å². The number of alkyl halides is 1. The zero-order valence-electron chi connectivity index (χ0n) is 12.4. The first kappa shape index (κ1) is 15.4. The van der Waals surface area contributed by atoms with Crippen molar-refractivity contribution in [2.24, 2.45) is 0 Å². The van der Waals surface area contributed by atoms with Crippen molar-refractivity contribution in [3.05, 3.63) is 69.7 Å². The molecule has 2 aromatic carbocycles. The molecule has 0 aliphatic carbocycles. The first-order chi connectivity index (χ1) is 9.29. The van der Waals surface area contributed by atoms with Gasteiger partial charge in [-0.15, -0.1) is 11.6 Å². The molecule has 0 aliphatic heterocycles. The molecular formula is C18H20Cl2. The van der Waals surface area contributed by atoms with Crippen molar-refractivity contribution in [1.82, 2.24) is 0 Å². The molecule has 20 heavy (non-hydrogen) atoms. The highest BCUT2D eigenvalue weighted by molar-refractivity contribution is 6.31. The molecule has 0 amide bonds. The highest BCUT2D eigenvalue weighted by Crippen LogP contribution is 2.32. The van der Waals surface area contributed by atoms with Gasteiger partial charge < -0.3 is 0 Å². The van der Waals surface area contributed by atoms with E-state index in [4.69, 9.17) is 23.2 Å². The molecule has 0 radical (unpaired) electrons. The molecule has 1 atom stereocenters. The SMILES string of the molecule is Cc1cc(C(Cl)c2ccc(C(C)(C)C)cc2)ccc1Cl. The number of rotatable bonds is 2. The van der Waals surface area contributed by atoms with Crippen LogP contribution in [0, 0.1) is 6.92 Å². The van der Waals surface area contributed by atoms with Crippen LogP contribution in [0.2, 0.25) is 5.02 Å². The third-order valence-electron chi connectivity index (χ3n) is 3.54. The topological polar surface area (TPSA) is 0 Å². The lowest BCUT2D eigenvalue weighted by molar-refractivity contribution is 0.590. The number of hydrogen-bond acceptors (Lipinski definition) is 0. The lowest BCUT2D eigenvalue weighted by Crippen LogP contribution is -2.10. The maximum atomic E-state index is 6.58. The van der Waals surface area contributed by atoms with Gasteiger partial charge in [-0.05, 0) is 40.7 Å². The Hall–Kier alpha value is -0.980. The molecule has 0 nitrogen and oxygen atoms in total. The minimum absolute atomic E-state index is 0.139. The monoisotopic (exact) mass is 306 g/mol. The number of halogens is 2. The van der Waals surface area contributed by atoms with Crippen LogP contribution in [0.3, 0.4) is 0 Å². The van der Waals surface area contributed by atoms with E-state index in [-0.39, 0.29) is 10.8 Å². The molecule has 2 heteroatoms. The second-order valence-corrected chi connectivity index (χ2v) is 7.09. The van der Waals surface area contributed by atoms with Gasteiger partial charge in [0.05, 0.1) is 5.38 Å². The Balaban J connectivity index is 2.29. The van der Waals surface area contributed by atoms with E-state index in [0.29, 0.717) is 0 Å². The van der Waals surface area contributed by atoms with Crippen LogP contribution >= 0.6 is 23.2 Å². The summed E-state index contributed by atoms with van der Waals surface area (Å²) < 4.78 is 0. The molecule has 0 spiro atoms. The average molecular weight is 307 g/mol. The molecule has 0 heterocycles. The highest BCUT2D eigenvalue weighted by atomic mass is 35.5. The van der Waals surface area contributed by atoms with E-state index >= 15 is 0 Å². The predicted octanol–water partition coefficient (Wildman–Crippen LogP) is 6.27. The van der Waals surface area contributed by atoms with Crippen LogP contribution in [0.1, 0.15) is 48.4 Å². The Morgan fingerprint density at radius 2 is 1.45 bits per heavy atom. The lowest BCUT2D eigenvalue weighted by atomic mass is 9.86. The zero-order chi connectivity index (χ0) is 14.9. The summed E-state index contributed by atoms with van der Waals surface area (Å²) in [5.41, 5.74) is 4.73. The summed E-state index contributed by atoms with van der Waals surface area (Å²) in [6.45, 7) is 8.63. The molecule has 0 saturated heterocycles. The second-order valence-electron chi connectivity index (χ2n) is 6.24. The van der Waals surface area contributed by atoms with E-state index in [9.17, 15) is 0 Å². The normalized spacial score (nSPS) is 13.3. The first-order valence-corrected chi connectivity index (χ1v) is 7.61. The standard InChI is InChI=1S/C18H20Cl2/c1-12-11-14(7-10-16(12)19)17(20)13-5-8-15(9-6-13)18(2,3)4/h5-11,17H,1-4H3. The van der Waals surface area contributed by atoms with E-state index in [1.54, 1.807) is 0 Å². The minimum Gasteiger partial charge on any atom is -0.113 e. The van der Waals surface area contributed by atoms with Crippen molar-refractivity contribution in [3.63, 3.8) is 0 Å². The van der Waals surface area contributed by atoms with E-state index < -0.39 is 0 Å². The van der Waals surface area contributed by atoms with E-state index in [0.717, 1.165) is 21.7 Å². The molecule has 0 saturated carbocycles. The molecular weight excluding hydrogens is 287 g/mol.